The third-order valence-corrected chi connectivity index (χ3v) is 5.13. The predicted molar refractivity (Wildman–Crippen MR) is 109 cm³/mol. The number of likely N-dealkylation sites (tertiary alicyclic amines) is 1. The Balaban J connectivity index is 1.75. The quantitative estimate of drug-likeness (QED) is 0.648. The molecule has 2 aromatic carbocycles. The fourth-order valence-corrected chi connectivity index (χ4v) is 3.48. The van der Waals surface area contributed by atoms with Gasteiger partial charge in [-0.3, -0.25) is 0 Å². The molecule has 0 aromatic heterocycles. The molecule has 1 heterocycles. The van der Waals surface area contributed by atoms with Gasteiger partial charge in [0.2, 0.25) is 0 Å². The summed E-state index contributed by atoms with van der Waals surface area (Å²) < 4.78 is 46.4. The number of nitrogens with one attached hydrogen (secondary N) is 1. The number of hydrogen-bond acceptors (Lipinski definition) is 2. The maximum absolute atomic E-state index is 13.4. The number of nitrogens with zero attached hydrogens (tertiary/aromatic N) is 1. The van der Waals surface area contributed by atoms with Crippen molar-refractivity contribution in [1.82, 2.24) is 10.2 Å². The SMILES string of the molecule is CC(C)NC(=O)N1CC(OC(Cc2ccccc2C(F)(F)F)c2ccc(Cl)cc2)C1. The van der Waals surface area contributed by atoms with E-state index in [1.54, 1.807) is 35.2 Å². The summed E-state index contributed by atoms with van der Waals surface area (Å²) in [7, 11) is 0. The summed E-state index contributed by atoms with van der Waals surface area (Å²) in [5.74, 6) is 0. The average Bonchev–Trinajstić information content (AvgIpc) is 2.63. The summed E-state index contributed by atoms with van der Waals surface area (Å²) in [5, 5.41) is 3.35. The highest BCUT2D eigenvalue weighted by Gasteiger charge is 2.36. The van der Waals surface area contributed by atoms with Crippen LogP contribution in [-0.4, -0.2) is 36.2 Å². The first-order valence-electron chi connectivity index (χ1n) is 9.75. The molecule has 0 saturated carbocycles. The predicted octanol–water partition coefficient (Wildman–Crippen LogP) is 5.46. The van der Waals surface area contributed by atoms with Crippen LogP contribution in [0.5, 0.6) is 0 Å². The molecule has 0 aliphatic carbocycles. The van der Waals surface area contributed by atoms with Crippen molar-refractivity contribution in [2.45, 2.75) is 44.7 Å². The Morgan fingerprint density at radius 1 is 1.17 bits per heavy atom. The Kier molecular flexibility index (Phi) is 6.93. The van der Waals surface area contributed by atoms with Crippen molar-refractivity contribution in [3.8, 4) is 0 Å². The summed E-state index contributed by atoms with van der Waals surface area (Å²) >= 11 is 5.96. The highest BCUT2D eigenvalue weighted by Crippen LogP contribution is 2.35. The Morgan fingerprint density at radius 2 is 1.80 bits per heavy atom. The highest BCUT2D eigenvalue weighted by molar-refractivity contribution is 6.30. The zero-order valence-electron chi connectivity index (χ0n) is 16.7. The lowest BCUT2D eigenvalue weighted by molar-refractivity contribution is -0.138. The molecule has 2 aromatic rings. The number of carbonyl (C=O) groups is 1. The van der Waals surface area contributed by atoms with Crippen molar-refractivity contribution in [3.63, 3.8) is 0 Å². The molecule has 0 spiro atoms. The van der Waals surface area contributed by atoms with Crippen LogP contribution in [0.25, 0.3) is 0 Å². The molecule has 4 nitrogen and oxygen atoms in total. The van der Waals surface area contributed by atoms with Crippen LogP contribution in [0.1, 0.15) is 36.6 Å². The van der Waals surface area contributed by atoms with Crippen LogP contribution in [0, 0.1) is 0 Å². The molecule has 162 valence electrons. The maximum Gasteiger partial charge on any atom is 0.416 e. The molecule has 1 fully saturated rings. The van der Waals surface area contributed by atoms with Gasteiger partial charge in [0, 0.05) is 17.5 Å². The molecule has 0 bridgehead atoms. The molecule has 1 unspecified atom stereocenters. The summed E-state index contributed by atoms with van der Waals surface area (Å²) in [6, 6.07) is 12.3. The minimum absolute atomic E-state index is 0.0261. The maximum atomic E-state index is 13.4. The van der Waals surface area contributed by atoms with E-state index in [1.807, 2.05) is 13.8 Å². The van der Waals surface area contributed by atoms with Crippen molar-refractivity contribution in [2.75, 3.05) is 13.1 Å². The summed E-state index contributed by atoms with van der Waals surface area (Å²) in [4.78, 5) is 13.7. The molecule has 1 atom stereocenters. The van der Waals surface area contributed by atoms with Crippen molar-refractivity contribution >= 4 is 17.6 Å². The zero-order chi connectivity index (χ0) is 21.9. The van der Waals surface area contributed by atoms with E-state index < -0.39 is 17.8 Å². The number of amides is 2. The van der Waals surface area contributed by atoms with Gasteiger partial charge in [0.25, 0.3) is 0 Å². The van der Waals surface area contributed by atoms with E-state index in [1.165, 1.54) is 12.1 Å². The topological polar surface area (TPSA) is 41.6 Å². The van der Waals surface area contributed by atoms with Crippen molar-refractivity contribution in [1.29, 1.82) is 0 Å². The normalized spacial score (nSPS) is 15.8. The second-order valence-corrected chi connectivity index (χ2v) is 8.10. The van der Waals surface area contributed by atoms with Crippen molar-refractivity contribution in [2.24, 2.45) is 0 Å². The van der Waals surface area contributed by atoms with E-state index in [0.717, 1.165) is 11.6 Å². The largest absolute Gasteiger partial charge is 0.416 e. The zero-order valence-corrected chi connectivity index (χ0v) is 17.5. The summed E-state index contributed by atoms with van der Waals surface area (Å²) in [5.41, 5.74) is 0.235. The first-order valence-corrected chi connectivity index (χ1v) is 10.1. The van der Waals surface area contributed by atoms with Gasteiger partial charge in [-0.05, 0) is 43.2 Å². The standard InChI is InChI=1S/C22H24ClF3N2O2/c1-14(2)27-21(29)28-12-18(13-28)30-20(15-7-9-17(23)10-8-15)11-16-5-3-4-6-19(16)22(24,25)26/h3-10,14,18,20H,11-13H2,1-2H3,(H,27,29). The number of ether oxygens (including phenoxy) is 1. The minimum Gasteiger partial charge on any atom is -0.366 e. The van der Waals surface area contributed by atoms with Gasteiger partial charge in [0.15, 0.2) is 0 Å². The van der Waals surface area contributed by atoms with E-state index in [2.05, 4.69) is 5.32 Å². The lowest BCUT2D eigenvalue weighted by Gasteiger charge is -2.41. The Morgan fingerprint density at radius 3 is 2.40 bits per heavy atom. The van der Waals surface area contributed by atoms with Crippen LogP contribution in [0.15, 0.2) is 48.5 Å². The van der Waals surface area contributed by atoms with Crippen LogP contribution in [0.4, 0.5) is 18.0 Å². The van der Waals surface area contributed by atoms with E-state index in [-0.39, 0.29) is 30.2 Å². The van der Waals surface area contributed by atoms with E-state index in [0.29, 0.717) is 18.1 Å². The molecule has 1 aliphatic rings. The van der Waals surface area contributed by atoms with Crippen LogP contribution in [0.2, 0.25) is 5.02 Å². The highest BCUT2D eigenvalue weighted by atomic mass is 35.5. The summed E-state index contributed by atoms with van der Waals surface area (Å²) in [6.45, 7) is 4.54. The molecular formula is C22H24ClF3N2O2. The fraction of sp³-hybridized carbons (Fsp3) is 0.409. The molecule has 2 amide bonds. The van der Waals surface area contributed by atoms with E-state index in [9.17, 15) is 18.0 Å². The van der Waals surface area contributed by atoms with Crippen LogP contribution in [-0.2, 0) is 17.3 Å². The van der Waals surface area contributed by atoms with Crippen molar-refractivity contribution in [3.05, 3.63) is 70.2 Å². The van der Waals surface area contributed by atoms with Crippen LogP contribution >= 0.6 is 11.6 Å². The second-order valence-electron chi connectivity index (χ2n) is 7.67. The third-order valence-electron chi connectivity index (χ3n) is 4.87. The fourth-order valence-electron chi connectivity index (χ4n) is 3.36. The number of carbonyl (C=O) groups excluding carboxylic acids is 1. The number of rotatable bonds is 6. The first-order chi connectivity index (χ1) is 14.1. The number of alkyl halides is 3. The molecule has 8 heteroatoms. The first kappa shape index (κ1) is 22.4. The van der Waals surface area contributed by atoms with E-state index in [4.69, 9.17) is 16.3 Å². The molecule has 30 heavy (non-hydrogen) atoms. The van der Waals surface area contributed by atoms with Crippen LogP contribution < -0.4 is 5.32 Å². The van der Waals surface area contributed by atoms with Crippen LogP contribution in [0.3, 0.4) is 0 Å². The molecule has 1 aliphatic heterocycles. The molecule has 3 rings (SSSR count). The van der Waals surface area contributed by atoms with Gasteiger partial charge in [-0.25, -0.2) is 4.79 Å². The third kappa shape index (κ3) is 5.67. The molecule has 0 radical (unpaired) electrons. The monoisotopic (exact) mass is 440 g/mol. The molecular weight excluding hydrogens is 417 g/mol. The van der Waals surface area contributed by atoms with Gasteiger partial charge in [-0.1, -0.05) is 41.9 Å². The van der Waals surface area contributed by atoms with Gasteiger partial charge >= 0.3 is 12.2 Å². The van der Waals surface area contributed by atoms with Gasteiger partial charge < -0.3 is 15.0 Å². The van der Waals surface area contributed by atoms with Gasteiger partial charge in [-0.15, -0.1) is 0 Å². The average molecular weight is 441 g/mol. The Labute approximate surface area is 179 Å². The minimum atomic E-state index is -4.44. The second kappa shape index (κ2) is 9.27. The Bertz CT molecular complexity index is 865. The number of hydrogen-bond donors (Lipinski definition) is 1. The lowest BCUT2D eigenvalue weighted by atomic mass is 9.96. The lowest BCUT2D eigenvalue weighted by Crippen LogP contribution is -2.58. The number of benzene rings is 2. The smallest absolute Gasteiger partial charge is 0.366 e. The number of urea groups is 1. The summed E-state index contributed by atoms with van der Waals surface area (Å²) in [6.07, 6.45) is -5.22. The van der Waals surface area contributed by atoms with Crippen molar-refractivity contribution < 1.29 is 22.7 Å². The van der Waals surface area contributed by atoms with Gasteiger partial charge in [0.1, 0.15) is 0 Å². The van der Waals surface area contributed by atoms with Gasteiger partial charge in [0.05, 0.1) is 30.9 Å². The molecule has 1 N–H and O–H groups in total. The van der Waals surface area contributed by atoms with Gasteiger partial charge in [-0.2, -0.15) is 13.2 Å². The Hall–Kier alpha value is -2.25. The molecule has 1 saturated heterocycles. The number of halogens is 4. The van der Waals surface area contributed by atoms with E-state index >= 15 is 0 Å².